The second-order valence-corrected chi connectivity index (χ2v) is 6.46. The lowest BCUT2D eigenvalue weighted by atomic mass is 9.94. The highest BCUT2D eigenvalue weighted by Gasteiger charge is 2.44. The molecule has 0 radical (unpaired) electrons. The number of alkyl halides is 3. The highest BCUT2D eigenvalue weighted by Crippen LogP contribution is 2.43. The minimum atomic E-state index is -4.79. The summed E-state index contributed by atoms with van der Waals surface area (Å²) in [7, 11) is 2.60. The number of benzene rings is 1. The molecule has 0 saturated heterocycles. The molecule has 0 fully saturated rings. The molecule has 7 nitrogen and oxygen atoms in total. The molecule has 0 aliphatic rings. The number of rotatable bonds is 4. The lowest BCUT2D eigenvalue weighted by Gasteiger charge is -2.22. The number of halogens is 4. The number of aromatic nitrogens is 5. The molecule has 4 aromatic rings. The van der Waals surface area contributed by atoms with E-state index in [9.17, 15) is 13.2 Å². The van der Waals surface area contributed by atoms with E-state index in [2.05, 4.69) is 30.2 Å². The number of methoxy groups -OCH3 is 1. The molecule has 152 valence electrons. The number of fused-ring (bicyclic) bond motifs is 2. The Balaban J connectivity index is 1.99. The topological polar surface area (TPSA) is 80.1 Å². The van der Waals surface area contributed by atoms with Gasteiger partial charge in [-0.3, -0.25) is 10.1 Å². The van der Waals surface area contributed by atoms with Crippen molar-refractivity contribution in [3.8, 4) is 11.3 Å². The molecule has 0 saturated carbocycles. The van der Waals surface area contributed by atoms with Crippen LogP contribution >= 0.6 is 0 Å². The number of nitrogens with zero attached hydrogens (tertiary/aromatic N) is 4. The van der Waals surface area contributed by atoms with Crippen molar-refractivity contribution in [2.24, 2.45) is 0 Å². The van der Waals surface area contributed by atoms with Gasteiger partial charge in [0.1, 0.15) is 11.6 Å². The molecule has 0 aliphatic heterocycles. The number of nitrogens with one attached hydrogen (secondary N) is 2. The molecule has 0 spiro atoms. The predicted octanol–water partition coefficient (Wildman–Crippen LogP) is 4.01. The molecular formula is C18H16F4N6O. The molecule has 3 aromatic heterocycles. The Bertz CT molecular complexity index is 1210. The number of imidazole rings is 1. The SMILES string of the molecule is CNc1cn2cc(-c3c(C)c(F)c(C(OC)C(F)(F)F)c4[nH]ncc34)ncc2n1. The summed E-state index contributed by atoms with van der Waals surface area (Å²) in [5.41, 5.74) is 0.570. The number of H-pyrrole nitrogens is 1. The number of hydrogen-bond acceptors (Lipinski definition) is 5. The Morgan fingerprint density at radius 1 is 1.24 bits per heavy atom. The van der Waals surface area contributed by atoms with Gasteiger partial charge in [-0.1, -0.05) is 0 Å². The van der Waals surface area contributed by atoms with Crippen LogP contribution in [-0.4, -0.2) is 44.9 Å². The van der Waals surface area contributed by atoms with Crippen LogP contribution in [0.1, 0.15) is 17.2 Å². The first-order valence-electron chi connectivity index (χ1n) is 8.53. The second-order valence-electron chi connectivity index (χ2n) is 6.46. The first kappa shape index (κ1) is 19.1. The Labute approximate surface area is 161 Å². The summed E-state index contributed by atoms with van der Waals surface area (Å²) in [5, 5.41) is 9.53. The minimum Gasteiger partial charge on any atom is -0.372 e. The van der Waals surface area contributed by atoms with E-state index in [0.717, 1.165) is 7.11 Å². The van der Waals surface area contributed by atoms with E-state index in [-0.39, 0.29) is 11.1 Å². The van der Waals surface area contributed by atoms with Crippen molar-refractivity contribution in [1.82, 2.24) is 24.6 Å². The second kappa shape index (κ2) is 6.69. The normalized spacial score (nSPS) is 13.3. The lowest BCUT2D eigenvalue weighted by Crippen LogP contribution is -2.24. The summed E-state index contributed by atoms with van der Waals surface area (Å²) >= 11 is 0. The Morgan fingerprint density at radius 3 is 2.66 bits per heavy atom. The van der Waals surface area contributed by atoms with Gasteiger partial charge in [-0.2, -0.15) is 18.3 Å². The highest BCUT2D eigenvalue weighted by atomic mass is 19.4. The molecule has 1 aromatic carbocycles. The number of hydrogen-bond donors (Lipinski definition) is 2. The standard InChI is InChI=1S/C18H16F4N6O/c1-8-13(10-6-28-7-11(23-2)26-12(28)5-24-10)9-4-25-27-16(9)14(15(8)19)17(29-3)18(20,21)22/h4-7,17,23H,1-3H3,(H,25,27). The maximum atomic E-state index is 15.2. The molecule has 0 aliphatic carbocycles. The van der Waals surface area contributed by atoms with Crippen LogP contribution in [0.5, 0.6) is 0 Å². The van der Waals surface area contributed by atoms with Crippen LogP contribution in [0.4, 0.5) is 23.4 Å². The van der Waals surface area contributed by atoms with E-state index in [1.807, 2.05) is 0 Å². The zero-order chi connectivity index (χ0) is 20.9. The van der Waals surface area contributed by atoms with Crippen molar-refractivity contribution in [2.75, 3.05) is 19.5 Å². The Kier molecular flexibility index (Phi) is 4.41. The van der Waals surface area contributed by atoms with Gasteiger partial charge in [-0.25, -0.2) is 9.37 Å². The van der Waals surface area contributed by atoms with E-state index < -0.39 is 23.7 Å². The van der Waals surface area contributed by atoms with Crippen molar-refractivity contribution >= 4 is 22.4 Å². The van der Waals surface area contributed by atoms with Crippen LogP contribution in [0.2, 0.25) is 0 Å². The first-order valence-corrected chi connectivity index (χ1v) is 8.53. The fourth-order valence-electron chi connectivity index (χ4n) is 3.44. The molecule has 0 amide bonds. The van der Waals surface area contributed by atoms with E-state index in [1.54, 1.807) is 23.8 Å². The molecule has 2 N–H and O–H groups in total. The van der Waals surface area contributed by atoms with Crippen LogP contribution in [0.3, 0.4) is 0 Å². The maximum Gasteiger partial charge on any atom is 0.419 e. The fraction of sp³-hybridized carbons (Fsp3) is 0.278. The Morgan fingerprint density at radius 2 is 2.00 bits per heavy atom. The van der Waals surface area contributed by atoms with E-state index >= 15 is 4.39 Å². The molecule has 1 unspecified atom stereocenters. The summed E-state index contributed by atoms with van der Waals surface area (Å²) in [5.74, 6) is -0.409. The Hall–Kier alpha value is -3.21. The van der Waals surface area contributed by atoms with Gasteiger partial charge in [0, 0.05) is 31.3 Å². The molecular weight excluding hydrogens is 392 g/mol. The third-order valence-corrected chi connectivity index (χ3v) is 4.77. The molecule has 1 atom stereocenters. The fourth-order valence-corrected chi connectivity index (χ4v) is 3.44. The third kappa shape index (κ3) is 2.97. The van der Waals surface area contributed by atoms with E-state index in [4.69, 9.17) is 0 Å². The van der Waals surface area contributed by atoms with Gasteiger partial charge in [0.2, 0.25) is 0 Å². The molecule has 0 bridgehead atoms. The predicted molar refractivity (Wildman–Crippen MR) is 98.1 cm³/mol. The van der Waals surface area contributed by atoms with E-state index in [1.165, 1.54) is 19.3 Å². The van der Waals surface area contributed by atoms with Gasteiger partial charge < -0.3 is 14.5 Å². The van der Waals surface area contributed by atoms with Gasteiger partial charge in [-0.05, 0) is 12.5 Å². The molecule has 3 heterocycles. The number of anilines is 1. The first-order chi connectivity index (χ1) is 13.8. The zero-order valence-corrected chi connectivity index (χ0v) is 15.6. The van der Waals surface area contributed by atoms with Crippen molar-refractivity contribution < 1.29 is 22.3 Å². The van der Waals surface area contributed by atoms with E-state index in [0.29, 0.717) is 28.1 Å². The van der Waals surface area contributed by atoms with Crippen LogP contribution in [0, 0.1) is 12.7 Å². The van der Waals surface area contributed by atoms with Gasteiger partial charge in [-0.15, -0.1) is 0 Å². The highest BCUT2D eigenvalue weighted by molar-refractivity contribution is 5.97. The van der Waals surface area contributed by atoms with Crippen molar-refractivity contribution in [1.29, 1.82) is 0 Å². The smallest absolute Gasteiger partial charge is 0.372 e. The van der Waals surface area contributed by atoms with Crippen LogP contribution < -0.4 is 5.32 Å². The van der Waals surface area contributed by atoms with Gasteiger partial charge in [0.05, 0.1) is 35.4 Å². The van der Waals surface area contributed by atoms with Crippen LogP contribution in [-0.2, 0) is 4.74 Å². The zero-order valence-electron chi connectivity index (χ0n) is 15.6. The average Bonchev–Trinajstić information content (AvgIpc) is 3.30. The lowest BCUT2D eigenvalue weighted by molar-refractivity contribution is -0.216. The summed E-state index contributed by atoms with van der Waals surface area (Å²) in [6.07, 6.45) is -1.02. The summed E-state index contributed by atoms with van der Waals surface area (Å²) in [6.45, 7) is 1.41. The van der Waals surface area contributed by atoms with Crippen LogP contribution in [0.25, 0.3) is 27.8 Å². The number of ether oxygens (including phenoxy) is 1. The number of aromatic amines is 1. The molecule has 4 rings (SSSR count). The summed E-state index contributed by atoms with van der Waals surface area (Å²) in [4.78, 5) is 8.62. The quantitative estimate of drug-likeness (QED) is 0.499. The van der Waals surface area contributed by atoms with Gasteiger partial charge in [0.25, 0.3) is 0 Å². The monoisotopic (exact) mass is 408 g/mol. The third-order valence-electron chi connectivity index (χ3n) is 4.77. The van der Waals surface area contributed by atoms with Gasteiger partial charge in [0.15, 0.2) is 11.8 Å². The maximum absolute atomic E-state index is 15.2. The van der Waals surface area contributed by atoms with Crippen molar-refractivity contribution in [3.63, 3.8) is 0 Å². The minimum absolute atomic E-state index is 0.0148. The molecule has 11 heteroatoms. The van der Waals surface area contributed by atoms with Crippen molar-refractivity contribution in [2.45, 2.75) is 19.2 Å². The average molecular weight is 408 g/mol. The summed E-state index contributed by atoms with van der Waals surface area (Å²) in [6, 6.07) is 0. The van der Waals surface area contributed by atoms with Crippen LogP contribution in [0.15, 0.2) is 24.8 Å². The molecule has 29 heavy (non-hydrogen) atoms. The largest absolute Gasteiger partial charge is 0.419 e. The van der Waals surface area contributed by atoms with Gasteiger partial charge >= 0.3 is 6.18 Å². The van der Waals surface area contributed by atoms with Crippen molar-refractivity contribution in [3.05, 3.63) is 41.7 Å². The summed E-state index contributed by atoms with van der Waals surface area (Å²) < 4.78 is 61.8.